The summed E-state index contributed by atoms with van der Waals surface area (Å²) in [6, 6.07) is 9.63. The van der Waals surface area contributed by atoms with Gasteiger partial charge in [-0.25, -0.2) is 4.39 Å². The molecule has 0 spiro atoms. The molecule has 0 radical (unpaired) electrons. The van der Waals surface area contributed by atoms with Crippen molar-refractivity contribution < 1.29 is 23.4 Å². The zero-order chi connectivity index (χ0) is 20.3. The highest BCUT2D eigenvalue weighted by Crippen LogP contribution is 2.45. The summed E-state index contributed by atoms with van der Waals surface area (Å²) in [5, 5.41) is 3.11. The second-order valence-electron chi connectivity index (χ2n) is 7.10. The molecule has 0 aliphatic heterocycles. The molecule has 2 aromatic rings. The lowest BCUT2D eigenvalue weighted by molar-refractivity contribution is -0.130. The Morgan fingerprint density at radius 3 is 2.04 bits per heavy atom. The largest absolute Gasteiger partial charge is 0.493 e. The van der Waals surface area contributed by atoms with Crippen molar-refractivity contribution in [1.82, 2.24) is 5.32 Å². The van der Waals surface area contributed by atoms with Gasteiger partial charge in [-0.1, -0.05) is 18.6 Å². The summed E-state index contributed by atoms with van der Waals surface area (Å²) in [5.41, 5.74) is 1.11. The smallest absolute Gasteiger partial charge is 0.231 e. The maximum atomic E-state index is 13.3. The van der Waals surface area contributed by atoms with Crippen LogP contribution < -0.4 is 19.5 Å². The van der Waals surface area contributed by atoms with E-state index in [1.54, 1.807) is 33.5 Å². The van der Waals surface area contributed by atoms with Crippen molar-refractivity contribution in [3.05, 3.63) is 53.3 Å². The topological polar surface area (TPSA) is 56.8 Å². The average Bonchev–Trinajstić information content (AvgIpc) is 2.67. The normalized spacial score (nSPS) is 15.9. The Hall–Kier alpha value is -2.76. The van der Waals surface area contributed by atoms with Gasteiger partial charge in [-0.05, 0) is 55.2 Å². The van der Waals surface area contributed by atoms with Crippen LogP contribution in [0.15, 0.2) is 36.4 Å². The molecule has 0 saturated heterocycles. The van der Waals surface area contributed by atoms with Gasteiger partial charge in [-0.3, -0.25) is 4.79 Å². The number of halogens is 1. The summed E-state index contributed by atoms with van der Waals surface area (Å²) in [4.78, 5) is 13.2. The van der Waals surface area contributed by atoms with Gasteiger partial charge in [0.05, 0.1) is 32.8 Å². The molecule has 150 valence electrons. The first-order chi connectivity index (χ1) is 13.4. The molecular formula is C22H26FNO4. The highest BCUT2D eigenvalue weighted by Gasteiger charge is 2.45. The predicted octanol–water partition coefficient (Wildman–Crippen LogP) is 4.15. The van der Waals surface area contributed by atoms with Crippen LogP contribution in [-0.2, 0) is 10.2 Å². The van der Waals surface area contributed by atoms with Crippen molar-refractivity contribution >= 4 is 5.91 Å². The van der Waals surface area contributed by atoms with Crippen LogP contribution >= 0.6 is 0 Å². The van der Waals surface area contributed by atoms with Crippen LogP contribution in [0.4, 0.5) is 4.39 Å². The number of methoxy groups -OCH3 is 3. The van der Waals surface area contributed by atoms with Gasteiger partial charge >= 0.3 is 0 Å². The van der Waals surface area contributed by atoms with E-state index in [1.165, 1.54) is 12.1 Å². The minimum atomic E-state index is -0.595. The molecule has 3 rings (SSSR count). The van der Waals surface area contributed by atoms with Gasteiger partial charge in [0.2, 0.25) is 11.7 Å². The van der Waals surface area contributed by atoms with Gasteiger partial charge in [0, 0.05) is 0 Å². The first-order valence-electron chi connectivity index (χ1n) is 9.32. The molecule has 0 heterocycles. The summed E-state index contributed by atoms with van der Waals surface area (Å²) in [6.45, 7) is 1.91. The van der Waals surface area contributed by atoms with Gasteiger partial charge in [0.1, 0.15) is 5.82 Å². The van der Waals surface area contributed by atoms with Crippen LogP contribution in [0, 0.1) is 5.82 Å². The molecule has 28 heavy (non-hydrogen) atoms. The molecule has 0 aromatic heterocycles. The third-order valence-corrected chi connectivity index (χ3v) is 5.57. The van der Waals surface area contributed by atoms with E-state index in [1.807, 2.05) is 19.1 Å². The van der Waals surface area contributed by atoms with Crippen LogP contribution in [0.2, 0.25) is 0 Å². The summed E-state index contributed by atoms with van der Waals surface area (Å²) in [6.07, 6.45) is 2.49. The molecule has 0 bridgehead atoms. The number of amides is 1. The molecule has 1 atom stereocenters. The van der Waals surface area contributed by atoms with Crippen LogP contribution in [0.5, 0.6) is 17.2 Å². The van der Waals surface area contributed by atoms with Crippen molar-refractivity contribution in [2.45, 2.75) is 37.6 Å². The van der Waals surface area contributed by atoms with Crippen LogP contribution in [0.1, 0.15) is 43.4 Å². The lowest BCUT2D eigenvalue weighted by Crippen LogP contribution is -2.49. The fourth-order valence-electron chi connectivity index (χ4n) is 3.72. The first kappa shape index (κ1) is 20.0. The minimum Gasteiger partial charge on any atom is -0.493 e. The summed E-state index contributed by atoms with van der Waals surface area (Å²) in [7, 11) is 4.67. The van der Waals surface area contributed by atoms with E-state index in [4.69, 9.17) is 14.2 Å². The van der Waals surface area contributed by atoms with Crippen molar-refractivity contribution in [2.75, 3.05) is 21.3 Å². The van der Waals surface area contributed by atoms with Crippen LogP contribution in [-0.4, -0.2) is 27.2 Å². The van der Waals surface area contributed by atoms with E-state index >= 15 is 0 Å². The lowest BCUT2D eigenvalue weighted by Gasteiger charge is -2.41. The number of carbonyl (C=O) groups excluding carboxylic acids is 1. The van der Waals surface area contributed by atoms with Gasteiger partial charge in [0.25, 0.3) is 0 Å². The second kappa shape index (κ2) is 8.09. The highest BCUT2D eigenvalue weighted by atomic mass is 19.1. The van der Waals surface area contributed by atoms with Crippen molar-refractivity contribution in [3.63, 3.8) is 0 Å². The molecule has 1 amide bonds. The Bertz CT molecular complexity index is 821. The maximum Gasteiger partial charge on any atom is 0.231 e. The zero-order valence-corrected chi connectivity index (χ0v) is 16.7. The molecule has 5 nitrogen and oxygen atoms in total. The number of hydrogen-bond acceptors (Lipinski definition) is 4. The molecule has 6 heteroatoms. The summed E-state index contributed by atoms with van der Waals surface area (Å²) < 4.78 is 29.5. The number of hydrogen-bond donors (Lipinski definition) is 1. The van der Waals surface area contributed by atoms with Gasteiger partial charge in [-0.2, -0.15) is 0 Å². The Morgan fingerprint density at radius 1 is 1.04 bits per heavy atom. The SMILES string of the molecule is COc1cc(C(C)NC(=O)C2(c3ccc(F)cc3)CCC2)cc(OC)c1OC. The quantitative estimate of drug-likeness (QED) is 0.775. The van der Waals surface area contributed by atoms with Gasteiger partial charge in [0.15, 0.2) is 11.5 Å². The number of carbonyl (C=O) groups is 1. The third kappa shape index (κ3) is 3.51. The van der Waals surface area contributed by atoms with Crippen molar-refractivity contribution in [3.8, 4) is 17.2 Å². The lowest BCUT2D eigenvalue weighted by atomic mass is 9.63. The molecule has 1 aliphatic carbocycles. The first-order valence-corrected chi connectivity index (χ1v) is 9.32. The number of benzene rings is 2. The van der Waals surface area contributed by atoms with Crippen molar-refractivity contribution in [2.24, 2.45) is 0 Å². The van der Waals surface area contributed by atoms with Crippen LogP contribution in [0.3, 0.4) is 0 Å². The Kier molecular flexibility index (Phi) is 5.77. The van der Waals surface area contributed by atoms with E-state index in [0.717, 1.165) is 30.4 Å². The summed E-state index contributed by atoms with van der Waals surface area (Å²) in [5.74, 6) is 1.23. The maximum absolute atomic E-state index is 13.3. The summed E-state index contributed by atoms with van der Waals surface area (Å²) >= 11 is 0. The Morgan fingerprint density at radius 2 is 1.61 bits per heavy atom. The molecule has 1 saturated carbocycles. The van der Waals surface area contributed by atoms with E-state index in [9.17, 15) is 9.18 Å². The van der Waals surface area contributed by atoms with E-state index in [0.29, 0.717) is 17.2 Å². The minimum absolute atomic E-state index is 0.0494. The van der Waals surface area contributed by atoms with E-state index in [-0.39, 0.29) is 17.8 Å². The standard InChI is InChI=1S/C22H26FNO4/c1-14(15-12-18(26-2)20(28-4)19(13-15)27-3)24-21(25)22(10-5-11-22)16-6-8-17(23)9-7-16/h6-9,12-14H,5,10-11H2,1-4H3,(H,24,25). The predicted molar refractivity (Wildman–Crippen MR) is 105 cm³/mol. The fourth-order valence-corrected chi connectivity index (χ4v) is 3.72. The molecule has 1 fully saturated rings. The Labute approximate surface area is 164 Å². The highest BCUT2D eigenvalue weighted by molar-refractivity contribution is 5.89. The Balaban J connectivity index is 1.85. The number of rotatable bonds is 7. The monoisotopic (exact) mass is 387 g/mol. The van der Waals surface area contributed by atoms with Gasteiger partial charge < -0.3 is 19.5 Å². The van der Waals surface area contributed by atoms with Gasteiger partial charge in [-0.15, -0.1) is 0 Å². The van der Waals surface area contributed by atoms with E-state index < -0.39 is 5.41 Å². The third-order valence-electron chi connectivity index (χ3n) is 5.57. The van der Waals surface area contributed by atoms with E-state index in [2.05, 4.69) is 5.32 Å². The number of nitrogens with one attached hydrogen (secondary N) is 1. The fraction of sp³-hybridized carbons (Fsp3) is 0.409. The average molecular weight is 387 g/mol. The molecule has 1 N–H and O–H groups in total. The number of ether oxygens (including phenoxy) is 3. The zero-order valence-electron chi connectivity index (χ0n) is 16.7. The molecule has 2 aromatic carbocycles. The van der Waals surface area contributed by atoms with Crippen molar-refractivity contribution in [1.29, 1.82) is 0 Å². The van der Waals surface area contributed by atoms with Crippen LogP contribution in [0.25, 0.3) is 0 Å². The second-order valence-corrected chi connectivity index (χ2v) is 7.10. The molecule has 1 unspecified atom stereocenters. The molecular weight excluding hydrogens is 361 g/mol. The molecule has 1 aliphatic rings.